The molecule has 17 heavy (non-hydrogen) atoms. The topological polar surface area (TPSA) is 74.2 Å². The zero-order valence-corrected chi connectivity index (χ0v) is 9.85. The van der Waals surface area contributed by atoms with Crippen molar-refractivity contribution in [2.24, 2.45) is 5.73 Å². The zero-order chi connectivity index (χ0) is 12.1. The Hall–Kier alpha value is -1.59. The number of nitrogens with two attached hydrogens (primary N) is 1. The van der Waals surface area contributed by atoms with Crippen LogP contribution in [-0.4, -0.2) is 16.8 Å². The van der Waals surface area contributed by atoms with Crippen LogP contribution >= 0.6 is 11.6 Å². The van der Waals surface area contributed by atoms with Crippen molar-refractivity contribution in [3.05, 3.63) is 41.1 Å². The monoisotopic (exact) mass is 253 g/mol. The lowest BCUT2D eigenvalue weighted by Crippen LogP contribution is -2.01. The molecule has 2 N–H and O–H groups in total. The highest BCUT2D eigenvalue weighted by Crippen LogP contribution is 2.17. The maximum atomic E-state index is 5.83. The van der Waals surface area contributed by atoms with Crippen LogP contribution in [0.2, 0.25) is 5.02 Å². The summed E-state index contributed by atoms with van der Waals surface area (Å²) in [6, 6.07) is 7.21. The van der Waals surface area contributed by atoms with E-state index >= 15 is 0 Å². The molecule has 1 aromatic carbocycles. The number of aromatic nitrogens is 2. The van der Waals surface area contributed by atoms with Gasteiger partial charge in [-0.2, -0.15) is 0 Å². The van der Waals surface area contributed by atoms with Crippen LogP contribution in [0.25, 0.3) is 0 Å². The highest BCUT2D eigenvalue weighted by molar-refractivity contribution is 6.30. The number of benzene rings is 1. The first-order valence-electron chi connectivity index (χ1n) is 5.17. The molecule has 1 aromatic heterocycles. The molecule has 0 unspecified atom stereocenters. The quantitative estimate of drug-likeness (QED) is 0.880. The predicted octanol–water partition coefficient (Wildman–Crippen LogP) is 1.80. The van der Waals surface area contributed by atoms with Gasteiger partial charge in [0.2, 0.25) is 11.8 Å². The van der Waals surface area contributed by atoms with Gasteiger partial charge in [0, 0.05) is 5.02 Å². The lowest BCUT2D eigenvalue weighted by atomic mass is 10.3. The molecular weight excluding hydrogens is 242 g/mol. The minimum atomic E-state index is 0.252. The van der Waals surface area contributed by atoms with Crippen molar-refractivity contribution in [2.45, 2.75) is 13.0 Å². The molecule has 0 spiro atoms. The largest absolute Gasteiger partial charge is 0.493 e. The average molecular weight is 254 g/mol. The van der Waals surface area contributed by atoms with Gasteiger partial charge in [-0.05, 0) is 18.2 Å². The van der Waals surface area contributed by atoms with Crippen LogP contribution in [0, 0.1) is 0 Å². The molecule has 2 aromatic rings. The molecule has 0 radical (unpaired) electrons. The summed E-state index contributed by atoms with van der Waals surface area (Å²) in [5.74, 6) is 1.67. The minimum absolute atomic E-state index is 0.252. The van der Waals surface area contributed by atoms with Gasteiger partial charge in [0.05, 0.1) is 19.6 Å². The Morgan fingerprint density at radius 2 is 2.12 bits per heavy atom. The molecular formula is C11H12ClN3O2. The van der Waals surface area contributed by atoms with E-state index in [-0.39, 0.29) is 6.54 Å². The number of ether oxygens (including phenoxy) is 1. The van der Waals surface area contributed by atoms with Gasteiger partial charge in [-0.15, -0.1) is 10.2 Å². The van der Waals surface area contributed by atoms with Gasteiger partial charge in [-0.1, -0.05) is 17.7 Å². The lowest BCUT2D eigenvalue weighted by molar-refractivity contribution is 0.304. The van der Waals surface area contributed by atoms with Gasteiger partial charge in [0.1, 0.15) is 5.75 Å². The van der Waals surface area contributed by atoms with E-state index in [1.807, 2.05) is 12.1 Å². The van der Waals surface area contributed by atoms with Crippen LogP contribution in [0.15, 0.2) is 28.7 Å². The summed E-state index contributed by atoms with van der Waals surface area (Å²) in [5.41, 5.74) is 5.36. The summed E-state index contributed by atoms with van der Waals surface area (Å²) in [5, 5.41) is 8.23. The smallest absolute Gasteiger partial charge is 0.230 e. The van der Waals surface area contributed by atoms with Crippen molar-refractivity contribution >= 4 is 11.6 Å². The van der Waals surface area contributed by atoms with Crippen LogP contribution in [0.3, 0.4) is 0 Å². The summed E-state index contributed by atoms with van der Waals surface area (Å²) >= 11 is 5.83. The molecule has 0 saturated heterocycles. The molecule has 0 saturated carbocycles. The SMILES string of the molecule is NCc1nnc(CCOc2cccc(Cl)c2)o1. The fourth-order valence-electron chi connectivity index (χ4n) is 1.28. The maximum Gasteiger partial charge on any atom is 0.230 e. The van der Waals surface area contributed by atoms with E-state index in [4.69, 9.17) is 26.5 Å². The van der Waals surface area contributed by atoms with E-state index < -0.39 is 0 Å². The predicted molar refractivity (Wildman–Crippen MR) is 62.8 cm³/mol. The Bertz CT molecular complexity index is 487. The van der Waals surface area contributed by atoms with Crippen molar-refractivity contribution in [3.8, 4) is 5.75 Å². The third-order valence-corrected chi connectivity index (χ3v) is 2.30. The molecule has 0 atom stereocenters. The lowest BCUT2D eigenvalue weighted by Gasteiger charge is -2.04. The maximum absolute atomic E-state index is 5.83. The second-order valence-corrected chi connectivity index (χ2v) is 3.79. The second-order valence-electron chi connectivity index (χ2n) is 3.35. The second kappa shape index (κ2) is 5.65. The summed E-state index contributed by atoms with van der Waals surface area (Å²) < 4.78 is 10.7. The summed E-state index contributed by atoms with van der Waals surface area (Å²) in [7, 11) is 0. The van der Waals surface area contributed by atoms with E-state index in [2.05, 4.69) is 10.2 Å². The van der Waals surface area contributed by atoms with Crippen molar-refractivity contribution < 1.29 is 9.15 Å². The number of nitrogens with zero attached hydrogens (tertiary/aromatic N) is 2. The van der Waals surface area contributed by atoms with Gasteiger partial charge in [0.25, 0.3) is 0 Å². The number of halogens is 1. The molecule has 6 heteroatoms. The fourth-order valence-corrected chi connectivity index (χ4v) is 1.47. The minimum Gasteiger partial charge on any atom is -0.493 e. The number of hydrogen-bond donors (Lipinski definition) is 1. The summed E-state index contributed by atoms with van der Waals surface area (Å²) in [6.07, 6.45) is 0.541. The third kappa shape index (κ3) is 3.44. The molecule has 1 heterocycles. The van der Waals surface area contributed by atoms with Crippen LogP contribution in [0.5, 0.6) is 5.75 Å². The first-order chi connectivity index (χ1) is 8.28. The zero-order valence-electron chi connectivity index (χ0n) is 9.10. The van der Waals surface area contributed by atoms with Gasteiger partial charge in [0.15, 0.2) is 0 Å². The fraction of sp³-hybridized carbons (Fsp3) is 0.273. The van der Waals surface area contributed by atoms with E-state index in [9.17, 15) is 0 Å². The Labute approximate surface area is 104 Å². The first kappa shape index (κ1) is 11.9. The molecule has 0 aliphatic heterocycles. The number of hydrogen-bond acceptors (Lipinski definition) is 5. The van der Waals surface area contributed by atoms with Gasteiger partial charge in [-0.3, -0.25) is 0 Å². The molecule has 90 valence electrons. The normalized spacial score (nSPS) is 10.5. The highest BCUT2D eigenvalue weighted by atomic mass is 35.5. The van der Waals surface area contributed by atoms with E-state index in [0.717, 1.165) is 5.75 Å². The third-order valence-electron chi connectivity index (χ3n) is 2.06. The summed E-state index contributed by atoms with van der Waals surface area (Å²) in [4.78, 5) is 0. The number of rotatable bonds is 5. The van der Waals surface area contributed by atoms with Gasteiger partial charge in [-0.25, -0.2) is 0 Å². The van der Waals surface area contributed by atoms with Crippen LogP contribution in [0.1, 0.15) is 11.8 Å². The molecule has 0 aliphatic carbocycles. The Morgan fingerprint density at radius 1 is 1.29 bits per heavy atom. The first-order valence-corrected chi connectivity index (χ1v) is 5.55. The van der Waals surface area contributed by atoms with Crippen LogP contribution in [0.4, 0.5) is 0 Å². The van der Waals surface area contributed by atoms with Crippen molar-refractivity contribution in [1.82, 2.24) is 10.2 Å². The van der Waals surface area contributed by atoms with Crippen LogP contribution < -0.4 is 10.5 Å². The van der Waals surface area contributed by atoms with Crippen molar-refractivity contribution in [1.29, 1.82) is 0 Å². The van der Waals surface area contributed by atoms with Crippen LogP contribution in [-0.2, 0) is 13.0 Å². The molecule has 0 aliphatic rings. The molecule has 5 nitrogen and oxygen atoms in total. The van der Waals surface area contributed by atoms with Crippen molar-refractivity contribution in [3.63, 3.8) is 0 Å². The molecule has 0 fully saturated rings. The van der Waals surface area contributed by atoms with Crippen molar-refractivity contribution in [2.75, 3.05) is 6.61 Å². The average Bonchev–Trinajstić information content (AvgIpc) is 2.77. The molecule has 0 bridgehead atoms. The summed E-state index contributed by atoms with van der Waals surface area (Å²) in [6.45, 7) is 0.703. The van der Waals surface area contributed by atoms with E-state index in [0.29, 0.717) is 29.8 Å². The van der Waals surface area contributed by atoms with E-state index in [1.165, 1.54) is 0 Å². The molecule has 2 rings (SSSR count). The Kier molecular flexibility index (Phi) is 3.95. The Balaban J connectivity index is 1.83. The van der Waals surface area contributed by atoms with Gasteiger partial charge < -0.3 is 14.9 Å². The Morgan fingerprint density at radius 3 is 2.82 bits per heavy atom. The van der Waals surface area contributed by atoms with E-state index in [1.54, 1.807) is 12.1 Å². The highest BCUT2D eigenvalue weighted by Gasteiger charge is 2.04. The van der Waals surface area contributed by atoms with Gasteiger partial charge >= 0.3 is 0 Å². The standard InChI is InChI=1S/C11H12ClN3O2/c12-8-2-1-3-9(6-8)16-5-4-10-14-15-11(7-13)17-10/h1-3,6H,4-5,7,13H2. The molecule has 0 amide bonds.